The molecule has 1 aliphatic rings. The molecule has 1 aromatic rings. The van der Waals surface area contributed by atoms with E-state index in [2.05, 4.69) is 22.3 Å². The molecule has 1 atom stereocenters. The standard InChI is InChI=1S/C17H24N2O3/c1-2-22-16(20)13-18-17(21)15-9-6-11-19(15)12-10-14-7-4-3-5-8-14/h3-5,7-8,15H,2,6,9-13H2,1H3,(H,18,21)/t15-/m0/s1. The minimum atomic E-state index is -0.385. The van der Waals surface area contributed by atoms with E-state index in [1.54, 1.807) is 6.92 Å². The Hall–Kier alpha value is -1.88. The summed E-state index contributed by atoms with van der Waals surface area (Å²) in [5.74, 6) is -0.455. The summed E-state index contributed by atoms with van der Waals surface area (Å²) in [6.07, 6.45) is 2.80. The van der Waals surface area contributed by atoms with Crippen LogP contribution in [-0.2, 0) is 20.7 Å². The number of hydrogen-bond donors (Lipinski definition) is 1. The van der Waals surface area contributed by atoms with Crippen LogP contribution in [0.25, 0.3) is 0 Å². The van der Waals surface area contributed by atoms with E-state index in [1.807, 2.05) is 18.2 Å². The van der Waals surface area contributed by atoms with Gasteiger partial charge in [-0.2, -0.15) is 0 Å². The molecule has 5 heteroatoms. The number of ether oxygens (including phenoxy) is 1. The molecule has 0 saturated carbocycles. The highest BCUT2D eigenvalue weighted by Crippen LogP contribution is 2.17. The van der Waals surface area contributed by atoms with Crippen LogP contribution in [-0.4, -0.2) is 49.1 Å². The number of rotatable bonds is 7. The third-order valence-corrected chi connectivity index (χ3v) is 3.91. The maximum absolute atomic E-state index is 12.2. The van der Waals surface area contributed by atoms with E-state index in [9.17, 15) is 9.59 Å². The van der Waals surface area contributed by atoms with Gasteiger partial charge in [0.25, 0.3) is 0 Å². The molecule has 22 heavy (non-hydrogen) atoms. The van der Waals surface area contributed by atoms with Gasteiger partial charge in [0.15, 0.2) is 0 Å². The van der Waals surface area contributed by atoms with Gasteiger partial charge in [0.1, 0.15) is 6.54 Å². The Bertz CT molecular complexity index is 490. The zero-order valence-corrected chi connectivity index (χ0v) is 13.1. The summed E-state index contributed by atoms with van der Waals surface area (Å²) in [6, 6.07) is 10.1. The summed E-state index contributed by atoms with van der Waals surface area (Å²) in [4.78, 5) is 25.7. The lowest BCUT2D eigenvalue weighted by Crippen LogP contribution is -2.45. The van der Waals surface area contributed by atoms with Gasteiger partial charge in [-0.05, 0) is 38.3 Å². The number of amides is 1. The molecule has 1 N–H and O–H groups in total. The minimum absolute atomic E-state index is 0.0459. The molecular weight excluding hydrogens is 280 g/mol. The molecule has 1 saturated heterocycles. The van der Waals surface area contributed by atoms with Crippen LogP contribution in [0.4, 0.5) is 0 Å². The third-order valence-electron chi connectivity index (χ3n) is 3.91. The van der Waals surface area contributed by atoms with Crippen molar-refractivity contribution in [3.63, 3.8) is 0 Å². The molecule has 120 valence electrons. The van der Waals surface area contributed by atoms with E-state index in [-0.39, 0.29) is 24.5 Å². The zero-order chi connectivity index (χ0) is 15.8. The van der Waals surface area contributed by atoms with Crippen molar-refractivity contribution in [3.8, 4) is 0 Å². The monoisotopic (exact) mass is 304 g/mol. The van der Waals surface area contributed by atoms with Crippen LogP contribution in [0.2, 0.25) is 0 Å². The Balaban J connectivity index is 1.79. The van der Waals surface area contributed by atoms with E-state index < -0.39 is 0 Å². The van der Waals surface area contributed by atoms with E-state index in [0.29, 0.717) is 6.61 Å². The molecule has 5 nitrogen and oxygen atoms in total. The molecule has 1 aliphatic heterocycles. The average Bonchev–Trinajstić information content (AvgIpc) is 3.00. The number of carbonyl (C=O) groups excluding carboxylic acids is 2. The van der Waals surface area contributed by atoms with Crippen molar-refractivity contribution < 1.29 is 14.3 Å². The Morgan fingerprint density at radius 2 is 2.09 bits per heavy atom. The summed E-state index contributed by atoms with van der Waals surface area (Å²) in [5.41, 5.74) is 1.28. The van der Waals surface area contributed by atoms with Crippen molar-refractivity contribution in [1.82, 2.24) is 10.2 Å². The normalized spacial score (nSPS) is 18.1. The molecule has 1 amide bonds. The number of carbonyl (C=O) groups is 2. The molecule has 0 bridgehead atoms. The van der Waals surface area contributed by atoms with Crippen molar-refractivity contribution in [2.45, 2.75) is 32.2 Å². The number of benzene rings is 1. The van der Waals surface area contributed by atoms with E-state index in [0.717, 1.165) is 32.4 Å². The summed E-state index contributed by atoms with van der Waals surface area (Å²) >= 11 is 0. The molecular formula is C17H24N2O3. The molecule has 2 rings (SSSR count). The average molecular weight is 304 g/mol. The first-order chi connectivity index (χ1) is 10.7. The van der Waals surface area contributed by atoms with Gasteiger partial charge < -0.3 is 10.1 Å². The van der Waals surface area contributed by atoms with Gasteiger partial charge in [-0.25, -0.2) is 0 Å². The van der Waals surface area contributed by atoms with Crippen LogP contribution < -0.4 is 5.32 Å². The second-order valence-corrected chi connectivity index (χ2v) is 5.45. The van der Waals surface area contributed by atoms with Crippen molar-refractivity contribution in [2.75, 3.05) is 26.2 Å². The van der Waals surface area contributed by atoms with Crippen LogP contribution in [0, 0.1) is 0 Å². The second kappa shape index (κ2) is 8.54. The van der Waals surface area contributed by atoms with Crippen LogP contribution in [0.1, 0.15) is 25.3 Å². The quantitative estimate of drug-likeness (QED) is 0.773. The van der Waals surface area contributed by atoms with Crippen LogP contribution in [0.5, 0.6) is 0 Å². The summed E-state index contributed by atoms with van der Waals surface area (Å²) < 4.78 is 4.82. The lowest BCUT2D eigenvalue weighted by Gasteiger charge is -2.23. The molecule has 1 heterocycles. The fraction of sp³-hybridized carbons (Fsp3) is 0.529. The zero-order valence-electron chi connectivity index (χ0n) is 13.1. The number of hydrogen-bond acceptors (Lipinski definition) is 4. The Morgan fingerprint density at radius 3 is 2.82 bits per heavy atom. The molecule has 0 aromatic heterocycles. The van der Waals surface area contributed by atoms with Gasteiger partial charge in [0.2, 0.25) is 5.91 Å². The van der Waals surface area contributed by atoms with Crippen LogP contribution in [0.3, 0.4) is 0 Å². The van der Waals surface area contributed by atoms with Crippen molar-refractivity contribution >= 4 is 11.9 Å². The maximum atomic E-state index is 12.2. The van der Waals surface area contributed by atoms with Crippen molar-refractivity contribution in [2.24, 2.45) is 0 Å². The van der Waals surface area contributed by atoms with E-state index in [1.165, 1.54) is 5.56 Å². The number of nitrogens with one attached hydrogen (secondary N) is 1. The van der Waals surface area contributed by atoms with Crippen molar-refractivity contribution in [1.29, 1.82) is 0 Å². The largest absolute Gasteiger partial charge is 0.465 e. The topological polar surface area (TPSA) is 58.6 Å². The summed E-state index contributed by atoms with van der Waals surface area (Å²) in [7, 11) is 0. The van der Waals surface area contributed by atoms with Gasteiger partial charge in [-0.15, -0.1) is 0 Å². The number of nitrogens with zero attached hydrogens (tertiary/aromatic N) is 1. The molecule has 0 spiro atoms. The minimum Gasteiger partial charge on any atom is -0.465 e. The number of esters is 1. The molecule has 0 unspecified atom stereocenters. The lowest BCUT2D eigenvalue weighted by atomic mass is 10.1. The molecule has 0 aliphatic carbocycles. The van der Waals surface area contributed by atoms with Crippen LogP contribution in [0.15, 0.2) is 30.3 Å². The van der Waals surface area contributed by atoms with Gasteiger partial charge in [-0.3, -0.25) is 14.5 Å². The smallest absolute Gasteiger partial charge is 0.325 e. The second-order valence-electron chi connectivity index (χ2n) is 5.45. The van der Waals surface area contributed by atoms with Gasteiger partial charge in [0.05, 0.1) is 12.6 Å². The highest BCUT2D eigenvalue weighted by molar-refractivity contribution is 5.85. The Kier molecular flexibility index (Phi) is 6.40. The highest BCUT2D eigenvalue weighted by Gasteiger charge is 2.30. The number of likely N-dealkylation sites (tertiary alicyclic amines) is 1. The van der Waals surface area contributed by atoms with Gasteiger partial charge >= 0.3 is 5.97 Å². The highest BCUT2D eigenvalue weighted by atomic mass is 16.5. The Labute approximate surface area is 131 Å². The lowest BCUT2D eigenvalue weighted by molar-refractivity contribution is -0.143. The Morgan fingerprint density at radius 1 is 1.32 bits per heavy atom. The third kappa shape index (κ3) is 4.84. The first kappa shape index (κ1) is 16.5. The SMILES string of the molecule is CCOC(=O)CNC(=O)[C@@H]1CCCN1CCc1ccccc1. The van der Waals surface area contributed by atoms with Gasteiger partial charge in [-0.1, -0.05) is 30.3 Å². The molecule has 1 fully saturated rings. The fourth-order valence-corrected chi connectivity index (χ4v) is 2.80. The summed E-state index contributed by atoms with van der Waals surface area (Å²) in [5, 5.41) is 2.68. The first-order valence-corrected chi connectivity index (χ1v) is 7.92. The predicted octanol–water partition coefficient (Wildman–Crippen LogP) is 1.37. The summed E-state index contributed by atoms with van der Waals surface area (Å²) in [6.45, 7) is 3.84. The maximum Gasteiger partial charge on any atom is 0.325 e. The fourth-order valence-electron chi connectivity index (χ4n) is 2.80. The first-order valence-electron chi connectivity index (χ1n) is 7.92. The van der Waals surface area contributed by atoms with Crippen molar-refractivity contribution in [3.05, 3.63) is 35.9 Å². The molecule has 0 radical (unpaired) electrons. The van der Waals surface area contributed by atoms with E-state index in [4.69, 9.17) is 4.74 Å². The molecule has 1 aromatic carbocycles. The van der Waals surface area contributed by atoms with E-state index >= 15 is 0 Å². The van der Waals surface area contributed by atoms with Gasteiger partial charge in [0, 0.05) is 6.54 Å². The predicted molar refractivity (Wildman–Crippen MR) is 84.4 cm³/mol. The van der Waals surface area contributed by atoms with Crippen LogP contribution >= 0.6 is 0 Å².